The number of piperidine rings is 1. The van der Waals surface area contributed by atoms with E-state index in [-0.39, 0.29) is 18.4 Å². The number of amides is 1. The molecule has 0 spiro atoms. The van der Waals surface area contributed by atoms with Crippen molar-refractivity contribution >= 4 is 16.8 Å². The summed E-state index contributed by atoms with van der Waals surface area (Å²) in [4.78, 5) is 18.7. The predicted molar refractivity (Wildman–Crippen MR) is 107 cm³/mol. The third-order valence-corrected chi connectivity index (χ3v) is 5.32. The topological polar surface area (TPSA) is 42.4 Å². The predicted octanol–water partition coefficient (Wildman–Crippen LogP) is 4.87. The maximum atomic E-state index is 12.7. The van der Waals surface area contributed by atoms with Gasteiger partial charge in [-0.15, -0.1) is 0 Å². The lowest BCUT2D eigenvalue weighted by Crippen LogP contribution is -2.42. The number of halogens is 3. The smallest absolute Gasteiger partial charge is 0.416 e. The first-order valence-electron chi connectivity index (χ1n) is 9.84. The lowest BCUT2D eigenvalue weighted by molar-refractivity contribution is -0.137. The highest BCUT2D eigenvalue weighted by Gasteiger charge is 2.30. The van der Waals surface area contributed by atoms with Crippen LogP contribution in [-0.4, -0.2) is 35.0 Å². The van der Waals surface area contributed by atoms with Gasteiger partial charge in [0.25, 0.3) is 0 Å². The first kappa shape index (κ1) is 20.2. The molecule has 0 N–H and O–H groups in total. The fourth-order valence-electron chi connectivity index (χ4n) is 3.67. The molecule has 1 aromatic heterocycles. The molecule has 0 bridgehead atoms. The van der Waals surface area contributed by atoms with Gasteiger partial charge in [0.15, 0.2) is 0 Å². The van der Waals surface area contributed by atoms with Gasteiger partial charge in [-0.2, -0.15) is 13.2 Å². The zero-order chi connectivity index (χ0) is 21.1. The van der Waals surface area contributed by atoms with Gasteiger partial charge >= 0.3 is 6.18 Å². The third-order valence-electron chi connectivity index (χ3n) is 5.32. The van der Waals surface area contributed by atoms with Gasteiger partial charge < -0.3 is 9.64 Å². The molecule has 1 amide bonds. The molecule has 2 heterocycles. The number of rotatable bonds is 4. The maximum Gasteiger partial charge on any atom is 0.416 e. The van der Waals surface area contributed by atoms with Crippen molar-refractivity contribution in [1.82, 2.24) is 9.88 Å². The van der Waals surface area contributed by atoms with E-state index < -0.39 is 11.7 Å². The highest BCUT2D eigenvalue weighted by molar-refractivity contribution is 5.84. The molecule has 0 aliphatic carbocycles. The Morgan fingerprint density at radius 3 is 2.43 bits per heavy atom. The molecule has 2 aromatic carbocycles. The van der Waals surface area contributed by atoms with Crippen LogP contribution in [-0.2, 0) is 17.4 Å². The maximum absolute atomic E-state index is 12.7. The van der Waals surface area contributed by atoms with Crippen molar-refractivity contribution in [2.45, 2.75) is 31.5 Å². The Hall–Kier alpha value is -3.09. The molecule has 1 saturated heterocycles. The molecule has 0 saturated carbocycles. The van der Waals surface area contributed by atoms with Crippen molar-refractivity contribution in [3.8, 4) is 5.75 Å². The first-order chi connectivity index (χ1) is 14.4. The van der Waals surface area contributed by atoms with Crippen LogP contribution in [0.5, 0.6) is 5.75 Å². The molecule has 7 heteroatoms. The van der Waals surface area contributed by atoms with Crippen LogP contribution >= 0.6 is 0 Å². The lowest BCUT2D eigenvalue weighted by atomic mass is 10.0. The zero-order valence-electron chi connectivity index (χ0n) is 16.2. The summed E-state index contributed by atoms with van der Waals surface area (Å²) in [6.45, 7) is 1.12. The normalized spacial score (nSPS) is 15.4. The van der Waals surface area contributed by atoms with Gasteiger partial charge in [0.2, 0.25) is 5.91 Å². The number of para-hydroxylation sites is 1. The second-order valence-corrected chi connectivity index (χ2v) is 7.40. The van der Waals surface area contributed by atoms with Crippen molar-refractivity contribution in [3.05, 3.63) is 71.9 Å². The van der Waals surface area contributed by atoms with Gasteiger partial charge in [-0.3, -0.25) is 9.78 Å². The van der Waals surface area contributed by atoms with Crippen LogP contribution in [0.1, 0.15) is 24.0 Å². The van der Waals surface area contributed by atoms with E-state index in [9.17, 15) is 18.0 Å². The fraction of sp³-hybridized carbons (Fsp3) is 0.304. The molecule has 1 aliphatic heterocycles. The Morgan fingerprint density at radius 1 is 1.03 bits per heavy atom. The Balaban J connectivity index is 1.32. The number of carbonyl (C=O) groups excluding carboxylic acids is 1. The van der Waals surface area contributed by atoms with E-state index in [2.05, 4.69) is 4.98 Å². The Bertz CT molecular complexity index is 1020. The SMILES string of the molecule is O=C(Cc1ccc(C(F)(F)F)cc1)N1CCC(Oc2cccc3cccnc23)CC1. The summed E-state index contributed by atoms with van der Waals surface area (Å²) < 4.78 is 44.1. The Kier molecular flexibility index (Phi) is 5.61. The average molecular weight is 414 g/mol. The van der Waals surface area contributed by atoms with Gasteiger partial charge in [-0.1, -0.05) is 30.3 Å². The third kappa shape index (κ3) is 4.56. The number of ether oxygens (including phenoxy) is 1. The van der Waals surface area contributed by atoms with E-state index in [4.69, 9.17) is 4.74 Å². The first-order valence-corrected chi connectivity index (χ1v) is 9.84. The molecular weight excluding hydrogens is 393 g/mol. The molecule has 1 fully saturated rings. The molecule has 4 nitrogen and oxygen atoms in total. The van der Waals surface area contributed by atoms with E-state index in [0.29, 0.717) is 31.5 Å². The summed E-state index contributed by atoms with van der Waals surface area (Å²) in [6, 6.07) is 14.4. The van der Waals surface area contributed by atoms with E-state index in [1.807, 2.05) is 30.3 Å². The van der Waals surface area contributed by atoms with Crippen LogP contribution in [0.25, 0.3) is 10.9 Å². The summed E-state index contributed by atoms with van der Waals surface area (Å²) in [5.74, 6) is 0.655. The summed E-state index contributed by atoms with van der Waals surface area (Å²) in [6.07, 6.45) is -1.16. The van der Waals surface area contributed by atoms with Gasteiger partial charge in [0, 0.05) is 37.5 Å². The number of aromatic nitrogens is 1. The molecule has 0 radical (unpaired) electrons. The minimum Gasteiger partial charge on any atom is -0.488 e. The second kappa shape index (κ2) is 8.34. The standard InChI is InChI=1S/C23H21F3N2O2/c24-23(25,26)18-8-6-16(7-9-18)15-21(29)28-13-10-19(11-14-28)30-20-5-1-3-17-4-2-12-27-22(17)20/h1-9,12,19H,10-11,13-15H2. The van der Waals surface area contributed by atoms with Crippen molar-refractivity contribution in [2.24, 2.45) is 0 Å². The number of hydrogen-bond acceptors (Lipinski definition) is 3. The highest BCUT2D eigenvalue weighted by atomic mass is 19.4. The van der Waals surface area contributed by atoms with Crippen LogP contribution in [0.15, 0.2) is 60.8 Å². The van der Waals surface area contributed by atoms with Crippen LogP contribution in [0.3, 0.4) is 0 Å². The van der Waals surface area contributed by atoms with Gasteiger partial charge in [0.05, 0.1) is 12.0 Å². The zero-order valence-corrected chi connectivity index (χ0v) is 16.2. The quantitative estimate of drug-likeness (QED) is 0.612. The molecule has 0 atom stereocenters. The number of nitrogens with zero attached hydrogens (tertiary/aromatic N) is 2. The van der Waals surface area contributed by atoms with E-state index in [1.165, 1.54) is 12.1 Å². The number of fused-ring (bicyclic) bond motifs is 1. The average Bonchev–Trinajstić information content (AvgIpc) is 2.74. The number of hydrogen-bond donors (Lipinski definition) is 0. The summed E-state index contributed by atoms with van der Waals surface area (Å²) in [5, 5.41) is 1.01. The molecule has 156 valence electrons. The van der Waals surface area contributed by atoms with Crippen molar-refractivity contribution in [2.75, 3.05) is 13.1 Å². The largest absolute Gasteiger partial charge is 0.488 e. The Labute approximate surface area is 172 Å². The van der Waals surface area contributed by atoms with Crippen LogP contribution in [0, 0.1) is 0 Å². The number of carbonyl (C=O) groups is 1. The molecular formula is C23H21F3N2O2. The monoisotopic (exact) mass is 414 g/mol. The molecule has 30 heavy (non-hydrogen) atoms. The second-order valence-electron chi connectivity index (χ2n) is 7.40. The number of likely N-dealkylation sites (tertiary alicyclic amines) is 1. The summed E-state index contributed by atoms with van der Waals surface area (Å²) in [5.41, 5.74) is 0.689. The molecule has 3 aromatic rings. The number of benzene rings is 2. The Morgan fingerprint density at radius 2 is 1.73 bits per heavy atom. The van der Waals surface area contributed by atoms with Gasteiger partial charge in [0.1, 0.15) is 17.4 Å². The van der Waals surface area contributed by atoms with E-state index in [1.54, 1.807) is 11.1 Å². The number of pyridine rings is 1. The van der Waals surface area contributed by atoms with Crippen LogP contribution < -0.4 is 4.74 Å². The van der Waals surface area contributed by atoms with Crippen molar-refractivity contribution in [1.29, 1.82) is 0 Å². The van der Waals surface area contributed by atoms with Crippen molar-refractivity contribution in [3.63, 3.8) is 0 Å². The number of alkyl halides is 3. The summed E-state index contributed by atoms with van der Waals surface area (Å²) in [7, 11) is 0. The van der Waals surface area contributed by atoms with Crippen LogP contribution in [0.4, 0.5) is 13.2 Å². The van der Waals surface area contributed by atoms with Gasteiger partial charge in [-0.05, 0) is 29.8 Å². The van der Waals surface area contributed by atoms with Crippen molar-refractivity contribution < 1.29 is 22.7 Å². The van der Waals surface area contributed by atoms with Crippen LogP contribution in [0.2, 0.25) is 0 Å². The minimum absolute atomic E-state index is 0.00674. The fourth-order valence-corrected chi connectivity index (χ4v) is 3.67. The lowest BCUT2D eigenvalue weighted by Gasteiger charge is -2.32. The molecule has 1 aliphatic rings. The summed E-state index contributed by atoms with van der Waals surface area (Å²) >= 11 is 0. The highest BCUT2D eigenvalue weighted by Crippen LogP contribution is 2.29. The molecule has 4 rings (SSSR count). The minimum atomic E-state index is -4.37. The molecule has 0 unspecified atom stereocenters. The van der Waals surface area contributed by atoms with E-state index >= 15 is 0 Å². The van der Waals surface area contributed by atoms with Gasteiger partial charge in [-0.25, -0.2) is 0 Å². The van der Waals surface area contributed by atoms with E-state index in [0.717, 1.165) is 28.8 Å².